The summed E-state index contributed by atoms with van der Waals surface area (Å²) in [5.74, 6) is -0.210. The number of halogens is 1. The topological polar surface area (TPSA) is 60.0 Å². The second-order valence-electron chi connectivity index (χ2n) is 4.29. The molecule has 0 aliphatic heterocycles. The summed E-state index contributed by atoms with van der Waals surface area (Å²) in [4.78, 5) is 12.2. The molecule has 1 heterocycles. The number of benzene rings is 1. The second-order valence-corrected chi connectivity index (χ2v) is 4.69. The van der Waals surface area contributed by atoms with E-state index < -0.39 is 0 Å². The van der Waals surface area contributed by atoms with Gasteiger partial charge in [0.2, 0.25) is 0 Å². The van der Waals surface area contributed by atoms with Crippen LogP contribution in [0.15, 0.2) is 36.5 Å². The van der Waals surface area contributed by atoms with Gasteiger partial charge in [-0.15, -0.1) is 0 Å². The monoisotopic (exact) mass is 277 g/mol. The molecule has 2 rings (SSSR count). The number of aromatic nitrogens is 1. The Hall–Kier alpha value is -1.94. The number of anilines is 2. The molecule has 0 fully saturated rings. The lowest BCUT2D eigenvalue weighted by Gasteiger charge is -2.09. The molecule has 0 aliphatic carbocycles. The fourth-order valence-electron chi connectivity index (χ4n) is 1.90. The first kappa shape index (κ1) is 13.5. The van der Waals surface area contributed by atoms with E-state index in [2.05, 4.69) is 5.32 Å². The molecule has 2 aromatic rings. The van der Waals surface area contributed by atoms with Crippen LogP contribution in [0.2, 0.25) is 5.02 Å². The number of nitrogens with two attached hydrogens (primary N) is 1. The van der Waals surface area contributed by atoms with Gasteiger partial charge in [-0.25, -0.2) is 0 Å². The number of nitrogens with zero attached hydrogens (tertiary/aromatic N) is 1. The van der Waals surface area contributed by atoms with Crippen molar-refractivity contribution in [1.29, 1.82) is 0 Å². The van der Waals surface area contributed by atoms with Gasteiger partial charge < -0.3 is 15.6 Å². The maximum absolute atomic E-state index is 12.2. The zero-order valence-electron chi connectivity index (χ0n) is 10.7. The van der Waals surface area contributed by atoms with Crippen LogP contribution in [-0.4, -0.2) is 10.5 Å². The molecule has 100 valence electrons. The molecule has 1 aromatic heterocycles. The van der Waals surface area contributed by atoms with E-state index >= 15 is 0 Å². The number of nitrogen functional groups attached to an aromatic ring is 1. The maximum Gasteiger partial charge on any atom is 0.272 e. The Morgan fingerprint density at radius 2 is 2.16 bits per heavy atom. The Morgan fingerprint density at radius 3 is 2.84 bits per heavy atom. The summed E-state index contributed by atoms with van der Waals surface area (Å²) in [7, 11) is 0. The standard InChI is InChI=1S/C14H16ClN3O/c1-2-7-18-9-10(16)8-13(18)14(19)17-12-6-4-3-5-11(12)15/h3-6,8-9H,2,7,16H2,1H3,(H,17,19). The quantitative estimate of drug-likeness (QED) is 0.900. The van der Waals surface area contributed by atoms with Crippen LogP contribution in [0.25, 0.3) is 0 Å². The third kappa shape index (κ3) is 3.09. The summed E-state index contributed by atoms with van der Waals surface area (Å²) in [5, 5.41) is 3.30. The zero-order valence-corrected chi connectivity index (χ0v) is 11.4. The van der Waals surface area contributed by atoms with E-state index in [4.69, 9.17) is 17.3 Å². The Morgan fingerprint density at radius 1 is 1.42 bits per heavy atom. The van der Waals surface area contributed by atoms with Crippen molar-refractivity contribution in [2.75, 3.05) is 11.1 Å². The highest BCUT2D eigenvalue weighted by Crippen LogP contribution is 2.22. The molecule has 0 radical (unpaired) electrons. The summed E-state index contributed by atoms with van der Waals surface area (Å²) in [6.07, 6.45) is 2.70. The summed E-state index contributed by atoms with van der Waals surface area (Å²) in [6, 6.07) is 8.80. The number of hydrogen-bond donors (Lipinski definition) is 2. The average Bonchev–Trinajstić information content (AvgIpc) is 2.74. The van der Waals surface area contributed by atoms with Crippen molar-refractivity contribution in [1.82, 2.24) is 4.57 Å². The largest absolute Gasteiger partial charge is 0.397 e. The smallest absolute Gasteiger partial charge is 0.272 e. The number of amides is 1. The summed E-state index contributed by atoms with van der Waals surface area (Å²) < 4.78 is 1.85. The predicted octanol–water partition coefficient (Wildman–Crippen LogP) is 3.39. The first-order valence-electron chi connectivity index (χ1n) is 6.13. The van der Waals surface area contributed by atoms with E-state index in [1.54, 1.807) is 24.4 Å². The summed E-state index contributed by atoms with van der Waals surface area (Å²) in [5.41, 5.74) is 7.46. The van der Waals surface area contributed by atoms with Crippen molar-refractivity contribution in [2.24, 2.45) is 0 Å². The van der Waals surface area contributed by atoms with E-state index in [1.807, 2.05) is 23.6 Å². The minimum Gasteiger partial charge on any atom is -0.397 e. The van der Waals surface area contributed by atoms with Crippen LogP contribution in [0.4, 0.5) is 11.4 Å². The van der Waals surface area contributed by atoms with Crippen LogP contribution in [0.5, 0.6) is 0 Å². The number of hydrogen-bond acceptors (Lipinski definition) is 2. The molecule has 0 aliphatic rings. The van der Waals surface area contributed by atoms with E-state index in [9.17, 15) is 4.79 Å². The Kier molecular flexibility index (Phi) is 4.12. The number of nitrogens with one attached hydrogen (secondary N) is 1. The Balaban J connectivity index is 2.23. The van der Waals surface area contributed by atoms with E-state index in [1.165, 1.54) is 0 Å². The van der Waals surface area contributed by atoms with Crippen LogP contribution >= 0.6 is 11.6 Å². The molecule has 0 saturated carbocycles. The van der Waals surface area contributed by atoms with Crippen molar-refractivity contribution in [3.05, 3.63) is 47.2 Å². The van der Waals surface area contributed by atoms with Gasteiger partial charge in [0.25, 0.3) is 5.91 Å². The molecule has 0 bridgehead atoms. The summed E-state index contributed by atoms with van der Waals surface area (Å²) in [6.45, 7) is 2.80. The van der Waals surface area contributed by atoms with Crippen molar-refractivity contribution in [3.8, 4) is 0 Å². The molecule has 3 N–H and O–H groups in total. The molecule has 4 nitrogen and oxygen atoms in total. The van der Waals surface area contributed by atoms with Crippen LogP contribution in [0.1, 0.15) is 23.8 Å². The van der Waals surface area contributed by atoms with Crippen LogP contribution in [0.3, 0.4) is 0 Å². The van der Waals surface area contributed by atoms with Crippen LogP contribution < -0.4 is 11.1 Å². The normalized spacial score (nSPS) is 10.4. The third-order valence-electron chi connectivity index (χ3n) is 2.74. The molecule has 1 amide bonds. The van der Waals surface area contributed by atoms with Crippen LogP contribution in [0, 0.1) is 0 Å². The SMILES string of the molecule is CCCn1cc(N)cc1C(=O)Nc1ccccc1Cl. The molecule has 1 aromatic carbocycles. The first-order valence-corrected chi connectivity index (χ1v) is 6.51. The Labute approximate surface area is 117 Å². The van der Waals surface area contributed by atoms with Gasteiger partial charge in [0, 0.05) is 12.7 Å². The molecule has 0 spiro atoms. The molecule has 19 heavy (non-hydrogen) atoms. The minimum absolute atomic E-state index is 0.210. The molecule has 0 saturated heterocycles. The highest BCUT2D eigenvalue weighted by molar-refractivity contribution is 6.33. The molecular formula is C14H16ClN3O. The fraction of sp³-hybridized carbons (Fsp3) is 0.214. The maximum atomic E-state index is 12.2. The van der Waals surface area contributed by atoms with Crippen molar-refractivity contribution < 1.29 is 4.79 Å². The lowest BCUT2D eigenvalue weighted by Crippen LogP contribution is -2.16. The average molecular weight is 278 g/mol. The lowest BCUT2D eigenvalue weighted by molar-refractivity contribution is 0.101. The third-order valence-corrected chi connectivity index (χ3v) is 3.07. The van der Waals surface area contributed by atoms with Crippen molar-refractivity contribution >= 4 is 28.9 Å². The van der Waals surface area contributed by atoms with E-state index in [-0.39, 0.29) is 5.91 Å². The zero-order chi connectivity index (χ0) is 13.8. The van der Waals surface area contributed by atoms with Gasteiger partial charge in [0.1, 0.15) is 5.69 Å². The highest BCUT2D eigenvalue weighted by Gasteiger charge is 2.13. The summed E-state index contributed by atoms with van der Waals surface area (Å²) >= 11 is 6.02. The van der Waals surface area contributed by atoms with Gasteiger partial charge in [-0.3, -0.25) is 4.79 Å². The van der Waals surface area contributed by atoms with E-state index in [0.717, 1.165) is 13.0 Å². The molecule has 0 unspecified atom stereocenters. The van der Waals surface area contributed by atoms with Gasteiger partial charge in [0.15, 0.2) is 0 Å². The number of para-hydroxylation sites is 1. The predicted molar refractivity (Wildman–Crippen MR) is 78.5 cm³/mol. The number of carbonyl (C=O) groups is 1. The first-order chi connectivity index (χ1) is 9.11. The van der Waals surface area contributed by atoms with Crippen molar-refractivity contribution in [3.63, 3.8) is 0 Å². The second kappa shape index (κ2) is 5.80. The van der Waals surface area contributed by atoms with Crippen LogP contribution in [-0.2, 0) is 6.54 Å². The van der Waals surface area contributed by atoms with E-state index in [0.29, 0.717) is 22.1 Å². The number of aryl methyl sites for hydroxylation is 1. The fourth-order valence-corrected chi connectivity index (χ4v) is 2.08. The molecular weight excluding hydrogens is 262 g/mol. The van der Waals surface area contributed by atoms with Gasteiger partial charge >= 0.3 is 0 Å². The lowest BCUT2D eigenvalue weighted by atomic mass is 10.3. The minimum atomic E-state index is -0.210. The van der Waals surface area contributed by atoms with Gasteiger partial charge in [-0.2, -0.15) is 0 Å². The molecule has 0 atom stereocenters. The molecule has 5 heteroatoms. The highest BCUT2D eigenvalue weighted by atomic mass is 35.5. The number of rotatable bonds is 4. The van der Waals surface area contributed by atoms with Gasteiger partial charge in [-0.1, -0.05) is 30.7 Å². The van der Waals surface area contributed by atoms with Gasteiger partial charge in [0.05, 0.1) is 16.4 Å². The number of carbonyl (C=O) groups excluding carboxylic acids is 1. The Bertz CT molecular complexity index is 592. The van der Waals surface area contributed by atoms with Crippen molar-refractivity contribution in [2.45, 2.75) is 19.9 Å². The van der Waals surface area contributed by atoms with Gasteiger partial charge in [-0.05, 0) is 24.6 Å².